The van der Waals surface area contributed by atoms with Crippen molar-refractivity contribution in [2.24, 2.45) is 5.92 Å². The molecule has 2 rings (SSSR count). The Labute approximate surface area is 148 Å². The van der Waals surface area contributed by atoms with Crippen molar-refractivity contribution in [1.82, 2.24) is 14.7 Å². The summed E-state index contributed by atoms with van der Waals surface area (Å²) in [5.41, 5.74) is 0. The van der Waals surface area contributed by atoms with Gasteiger partial charge in [0.25, 0.3) is 0 Å². The first-order valence-electron chi connectivity index (χ1n) is 8.61. The summed E-state index contributed by atoms with van der Waals surface area (Å²) in [5, 5.41) is 7.35. The minimum absolute atomic E-state index is 0.0245. The highest BCUT2D eigenvalue weighted by Gasteiger charge is 2.25. The predicted octanol–water partition coefficient (Wildman–Crippen LogP) is 2.78. The highest BCUT2D eigenvalue weighted by molar-refractivity contribution is 7.98. The van der Waals surface area contributed by atoms with Crippen LogP contribution in [0.1, 0.15) is 45.6 Å². The van der Waals surface area contributed by atoms with Gasteiger partial charge in [0.2, 0.25) is 11.8 Å². The van der Waals surface area contributed by atoms with Crippen molar-refractivity contribution in [2.45, 2.75) is 45.6 Å². The fourth-order valence-corrected chi connectivity index (χ4v) is 3.35. The van der Waals surface area contributed by atoms with Crippen LogP contribution in [0.3, 0.4) is 0 Å². The Morgan fingerprint density at radius 3 is 2.71 bits per heavy atom. The molecule has 1 saturated heterocycles. The number of nitrogens with one attached hydrogen (secondary N) is 1. The van der Waals surface area contributed by atoms with Crippen LogP contribution >= 0.6 is 11.8 Å². The SMILES string of the molecule is CSCCC(=O)N1CCC(n2nccc2NC(=O)CC(C)C)CC1. The van der Waals surface area contributed by atoms with Gasteiger partial charge in [-0.2, -0.15) is 16.9 Å². The zero-order valence-electron chi connectivity index (χ0n) is 14.8. The molecule has 0 saturated carbocycles. The van der Waals surface area contributed by atoms with Gasteiger partial charge in [-0.1, -0.05) is 13.8 Å². The van der Waals surface area contributed by atoms with Gasteiger partial charge in [0, 0.05) is 37.8 Å². The second kappa shape index (κ2) is 9.11. The van der Waals surface area contributed by atoms with E-state index in [1.165, 1.54) is 0 Å². The van der Waals surface area contributed by atoms with E-state index in [-0.39, 0.29) is 17.9 Å². The number of anilines is 1. The van der Waals surface area contributed by atoms with Crippen molar-refractivity contribution >= 4 is 29.4 Å². The molecule has 0 unspecified atom stereocenters. The molecule has 1 aromatic rings. The molecule has 1 aliphatic heterocycles. The lowest BCUT2D eigenvalue weighted by molar-refractivity contribution is -0.132. The number of nitrogens with zero attached hydrogens (tertiary/aromatic N) is 3. The van der Waals surface area contributed by atoms with E-state index in [0.717, 1.165) is 37.5 Å². The monoisotopic (exact) mass is 352 g/mol. The van der Waals surface area contributed by atoms with Gasteiger partial charge in [0.15, 0.2) is 0 Å². The van der Waals surface area contributed by atoms with Crippen LogP contribution in [-0.2, 0) is 9.59 Å². The standard InChI is InChI=1S/C17H28N4O2S/c1-13(2)12-16(22)19-15-4-8-18-21(15)14-5-9-20(10-6-14)17(23)7-11-24-3/h4,8,13-14H,5-7,9-12H2,1-3H3,(H,19,22). The first-order chi connectivity index (χ1) is 11.5. The average Bonchev–Trinajstić information content (AvgIpc) is 2.99. The fraction of sp³-hybridized carbons (Fsp3) is 0.706. The van der Waals surface area contributed by atoms with E-state index in [1.807, 2.05) is 35.8 Å². The third kappa shape index (κ3) is 5.26. The number of carbonyl (C=O) groups is 2. The van der Waals surface area contributed by atoms with Crippen molar-refractivity contribution in [3.05, 3.63) is 12.3 Å². The Morgan fingerprint density at radius 1 is 1.38 bits per heavy atom. The zero-order chi connectivity index (χ0) is 17.5. The predicted molar refractivity (Wildman–Crippen MR) is 98.2 cm³/mol. The Kier molecular flexibility index (Phi) is 7.15. The number of hydrogen-bond acceptors (Lipinski definition) is 4. The van der Waals surface area contributed by atoms with Gasteiger partial charge in [-0.3, -0.25) is 9.59 Å². The molecule has 0 spiro atoms. The smallest absolute Gasteiger partial charge is 0.225 e. The summed E-state index contributed by atoms with van der Waals surface area (Å²) in [6.45, 7) is 5.58. The molecule has 1 aromatic heterocycles. The van der Waals surface area contributed by atoms with E-state index in [0.29, 0.717) is 18.8 Å². The van der Waals surface area contributed by atoms with Gasteiger partial charge in [-0.05, 0) is 25.0 Å². The van der Waals surface area contributed by atoms with Crippen LogP contribution in [0.2, 0.25) is 0 Å². The molecule has 1 N–H and O–H groups in total. The molecule has 2 amide bonds. The van der Waals surface area contributed by atoms with E-state index in [1.54, 1.807) is 18.0 Å². The van der Waals surface area contributed by atoms with Crippen LogP contribution in [-0.4, -0.2) is 51.6 Å². The molecule has 1 fully saturated rings. The highest BCUT2D eigenvalue weighted by Crippen LogP contribution is 2.26. The molecule has 0 atom stereocenters. The lowest BCUT2D eigenvalue weighted by Crippen LogP contribution is -2.39. The number of likely N-dealkylation sites (tertiary alicyclic amines) is 1. The van der Waals surface area contributed by atoms with E-state index in [4.69, 9.17) is 0 Å². The van der Waals surface area contributed by atoms with Crippen molar-refractivity contribution in [3.8, 4) is 0 Å². The summed E-state index contributed by atoms with van der Waals surface area (Å²) in [6.07, 6.45) is 6.62. The Morgan fingerprint density at radius 2 is 2.08 bits per heavy atom. The minimum Gasteiger partial charge on any atom is -0.343 e. The number of hydrogen-bond donors (Lipinski definition) is 1. The van der Waals surface area contributed by atoms with Crippen LogP contribution in [0.5, 0.6) is 0 Å². The minimum atomic E-state index is 0.0245. The van der Waals surface area contributed by atoms with Gasteiger partial charge in [0.05, 0.1) is 12.2 Å². The number of amides is 2. The van der Waals surface area contributed by atoms with Crippen LogP contribution < -0.4 is 5.32 Å². The second-order valence-electron chi connectivity index (χ2n) is 6.66. The molecule has 2 heterocycles. The van der Waals surface area contributed by atoms with Gasteiger partial charge in [0.1, 0.15) is 5.82 Å². The van der Waals surface area contributed by atoms with Gasteiger partial charge < -0.3 is 10.2 Å². The molecule has 0 aliphatic carbocycles. The summed E-state index contributed by atoms with van der Waals surface area (Å²) in [5.74, 6) is 2.24. The largest absolute Gasteiger partial charge is 0.343 e. The van der Waals surface area contributed by atoms with Gasteiger partial charge in [-0.15, -0.1) is 0 Å². The van der Waals surface area contributed by atoms with Crippen LogP contribution in [0.15, 0.2) is 12.3 Å². The molecule has 24 heavy (non-hydrogen) atoms. The van der Waals surface area contributed by atoms with E-state index in [2.05, 4.69) is 10.4 Å². The van der Waals surface area contributed by atoms with Crippen molar-refractivity contribution in [1.29, 1.82) is 0 Å². The summed E-state index contributed by atoms with van der Waals surface area (Å²) >= 11 is 1.70. The topological polar surface area (TPSA) is 67.2 Å². The van der Waals surface area contributed by atoms with Crippen LogP contribution in [0, 0.1) is 5.92 Å². The molecular weight excluding hydrogens is 324 g/mol. The number of piperidine rings is 1. The zero-order valence-corrected chi connectivity index (χ0v) is 15.6. The number of thioether (sulfide) groups is 1. The molecule has 0 bridgehead atoms. The fourth-order valence-electron chi connectivity index (χ4n) is 2.98. The van der Waals surface area contributed by atoms with E-state index in [9.17, 15) is 9.59 Å². The average molecular weight is 353 g/mol. The molecule has 1 aliphatic rings. The molecular formula is C17H28N4O2S. The molecule has 7 heteroatoms. The maximum atomic E-state index is 12.1. The number of aromatic nitrogens is 2. The summed E-state index contributed by atoms with van der Waals surface area (Å²) < 4.78 is 1.90. The lowest BCUT2D eigenvalue weighted by atomic mass is 10.0. The first-order valence-corrected chi connectivity index (χ1v) is 10.0. The van der Waals surface area contributed by atoms with Gasteiger partial charge >= 0.3 is 0 Å². The van der Waals surface area contributed by atoms with Crippen LogP contribution in [0.4, 0.5) is 5.82 Å². The highest BCUT2D eigenvalue weighted by atomic mass is 32.2. The van der Waals surface area contributed by atoms with Crippen molar-refractivity contribution < 1.29 is 9.59 Å². The summed E-state index contributed by atoms with van der Waals surface area (Å²) in [7, 11) is 0. The Bertz CT molecular complexity index is 551. The van der Waals surface area contributed by atoms with E-state index >= 15 is 0 Å². The third-order valence-corrected chi connectivity index (χ3v) is 4.83. The Hall–Kier alpha value is -1.50. The summed E-state index contributed by atoms with van der Waals surface area (Å²) in [4.78, 5) is 26.0. The second-order valence-corrected chi connectivity index (χ2v) is 7.65. The number of carbonyl (C=O) groups excluding carboxylic acids is 2. The lowest BCUT2D eigenvalue weighted by Gasteiger charge is -2.32. The third-order valence-electron chi connectivity index (χ3n) is 4.21. The Balaban J connectivity index is 1.89. The molecule has 134 valence electrons. The maximum absolute atomic E-state index is 12.1. The first kappa shape index (κ1) is 18.8. The molecule has 0 aromatic carbocycles. The summed E-state index contributed by atoms with van der Waals surface area (Å²) in [6, 6.07) is 2.08. The van der Waals surface area contributed by atoms with Gasteiger partial charge in [-0.25, -0.2) is 4.68 Å². The molecule has 0 radical (unpaired) electrons. The van der Waals surface area contributed by atoms with Crippen molar-refractivity contribution in [3.63, 3.8) is 0 Å². The normalized spacial score (nSPS) is 15.8. The quantitative estimate of drug-likeness (QED) is 0.819. The van der Waals surface area contributed by atoms with Crippen LogP contribution in [0.25, 0.3) is 0 Å². The molecule has 6 nitrogen and oxygen atoms in total. The van der Waals surface area contributed by atoms with Crippen molar-refractivity contribution in [2.75, 3.05) is 30.4 Å². The number of rotatable bonds is 7. The van der Waals surface area contributed by atoms with E-state index < -0.39 is 0 Å². The maximum Gasteiger partial charge on any atom is 0.225 e.